The Morgan fingerprint density at radius 3 is 2.50 bits per heavy atom. The van der Waals surface area contributed by atoms with Gasteiger partial charge in [-0.05, 0) is 61.0 Å². The molecule has 4 aromatic heterocycles. The number of nitrogens with zero attached hydrogens (tertiary/aromatic N) is 3. The number of fused-ring (bicyclic) bond motifs is 2. The van der Waals surface area contributed by atoms with Crippen LogP contribution in [0.25, 0.3) is 44.3 Å². The molecule has 2 aromatic carbocycles. The molecule has 36 heavy (non-hydrogen) atoms. The Kier molecular flexibility index (Phi) is 5.12. The van der Waals surface area contributed by atoms with Gasteiger partial charge in [-0.25, -0.2) is 17.4 Å². The minimum atomic E-state index is -3.99. The summed E-state index contributed by atoms with van der Waals surface area (Å²) in [5.74, 6) is 0.682. The number of nitrogens with one attached hydrogen (secondary N) is 1. The Bertz CT molecular complexity index is 1840. The van der Waals surface area contributed by atoms with Crippen molar-refractivity contribution in [1.82, 2.24) is 18.9 Å². The fourth-order valence-electron chi connectivity index (χ4n) is 4.53. The first-order chi connectivity index (χ1) is 17.5. The van der Waals surface area contributed by atoms with Crippen molar-refractivity contribution in [2.45, 2.75) is 11.8 Å². The van der Waals surface area contributed by atoms with Crippen molar-refractivity contribution in [2.24, 2.45) is 0 Å². The van der Waals surface area contributed by atoms with Gasteiger partial charge in [0.15, 0.2) is 5.65 Å². The molecule has 0 radical (unpaired) electrons. The fourth-order valence-corrected chi connectivity index (χ4v) is 6.01. The van der Waals surface area contributed by atoms with Gasteiger partial charge in [0.05, 0.1) is 17.7 Å². The van der Waals surface area contributed by atoms with Crippen LogP contribution >= 0.6 is 0 Å². The van der Waals surface area contributed by atoms with E-state index in [1.807, 2.05) is 55.6 Å². The van der Waals surface area contributed by atoms with Crippen molar-refractivity contribution < 1.29 is 13.2 Å². The van der Waals surface area contributed by atoms with Crippen LogP contribution < -0.4 is 4.74 Å². The predicted octanol–water partition coefficient (Wildman–Crippen LogP) is 5.80. The lowest BCUT2D eigenvalue weighted by Gasteiger charge is -2.12. The summed E-state index contributed by atoms with van der Waals surface area (Å²) in [7, 11) is -2.38. The first-order valence-corrected chi connectivity index (χ1v) is 12.8. The molecule has 0 saturated heterocycles. The van der Waals surface area contributed by atoms with E-state index in [1.165, 1.54) is 3.97 Å². The molecule has 0 aliphatic rings. The van der Waals surface area contributed by atoms with Gasteiger partial charge in [0.25, 0.3) is 10.0 Å². The molecule has 6 aromatic rings. The van der Waals surface area contributed by atoms with Crippen LogP contribution in [0.4, 0.5) is 0 Å². The van der Waals surface area contributed by atoms with Crippen molar-refractivity contribution >= 4 is 32.0 Å². The molecule has 0 saturated carbocycles. The zero-order valence-electron chi connectivity index (χ0n) is 19.6. The average Bonchev–Trinajstić information content (AvgIpc) is 3.50. The Morgan fingerprint density at radius 1 is 0.917 bits per heavy atom. The van der Waals surface area contributed by atoms with E-state index in [-0.39, 0.29) is 4.90 Å². The number of pyridine rings is 2. The highest BCUT2D eigenvalue weighted by molar-refractivity contribution is 7.90. The van der Waals surface area contributed by atoms with Gasteiger partial charge < -0.3 is 9.72 Å². The number of H-pyrrole nitrogens is 1. The van der Waals surface area contributed by atoms with Crippen LogP contribution in [-0.2, 0) is 10.0 Å². The van der Waals surface area contributed by atoms with Gasteiger partial charge in [0, 0.05) is 52.2 Å². The average molecular weight is 495 g/mol. The molecule has 6 rings (SSSR count). The summed E-state index contributed by atoms with van der Waals surface area (Å²) in [6.45, 7) is 1.92. The number of rotatable bonds is 5. The standard InChI is InChI=1S/C28H22N4O3S/c1-18-5-8-21(9-6-18)36(33,34)32-27(25-17-31-26-10-7-20(35-2)14-23(25)26)15-24-22(11-13-30-28(24)32)19-4-3-12-29-16-19/h3-17,31H,1-2H3. The summed E-state index contributed by atoms with van der Waals surface area (Å²) < 4.78 is 35.0. The lowest BCUT2D eigenvalue weighted by atomic mass is 10.0. The topological polar surface area (TPSA) is 89.9 Å². The van der Waals surface area contributed by atoms with Crippen LogP contribution in [0.15, 0.2) is 96.4 Å². The summed E-state index contributed by atoms with van der Waals surface area (Å²) in [5, 5.41) is 1.56. The van der Waals surface area contributed by atoms with Crippen LogP contribution in [0.5, 0.6) is 5.75 Å². The zero-order valence-corrected chi connectivity index (χ0v) is 20.5. The molecular formula is C28H22N4O3S. The van der Waals surface area contributed by atoms with Gasteiger partial charge in [0.1, 0.15) is 5.75 Å². The Labute approximate surface area is 208 Å². The molecule has 7 nitrogen and oxygen atoms in total. The highest BCUT2D eigenvalue weighted by atomic mass is 32.2. The van der Waals surface area contributed by atoms with E-state index >= 15 is 0 Å². The van der Waals surface area contributed by atoms with Gasteiger partial charge in [-0.2, -0.15) is 0 Å². The molecule has 1 N–H and O–H groups in total. The molecule has 178 valence electrons. The molecule has 0 aliphatic carbocycles. The maximum atomic E-state index is 14.1. The quantitative estimate of drug-likeness (QED) is 0.327. The van der Waals surface area contributed by atoms with Crippen molar-refractivity contribution in [3.05, 3.63) is 97.1 Å². The van der Waals surface area contributed by atoms with Crippen molar-refractivity contribution in [3.8, 4) is 28.1 Å². The summed E-state index contributed by atoms with van der Waals surface area (Å²) in [6.07, 6.45) is 6.92. The summed E-state index contributed by atoms with van der Waals surface area (Å²) in [4.78, 5) is 12.2. The largest absolute Gasteiger partial charge is 0.497 e. The van der Waals surface area contributed by atoms with Crippen molar-refractivity contribution in [1.29, 1.82) is 0 Å². The van der Waals surface area contributed by atoms with Gasteiger partial charge >= 0.3 is 0 Å². The minimum Gasteiger partial charge on any atom is -0.497 e. The maximum absolute atomic E-state index is 14.1. The molecule has 0 unspecified atom stereocenters. The first-order valence-electron chi connectivity index (χ1n) is 11.4. The molecule has 4 heterocycles. The van der Waals surface area contributed by atoms with E-state index in [0.29, 0.717) is 22.5 Å². The monoisotopic (exact) mass is 494 g/mol. The first kappa shape index (κ1) is 22.1. The van der Waals surface area contributed by atoms with Gasteiger partial charge in [-0.15, -0.1) is 0 Å². The molecule has 0 spiro atoms. The number of hydrogen-bond donors (Lipinski definition) is 1. The van der Waals surface area contributed by atoms with E-state index < -0.39 is 10.0 Å². The second-order valence-corrected chi connectivity index (χ2v) is 10.4. The third kappa shape index (κ3) is 3.46. The molecule has 0 amide bonds. The molecule has 0 fully saturated rings. The Hall–Kier alpha value is -4.43. The van der Waals surface area contributed by atoms with Gasteiger partial charge in [-0.3, -0.25) is 4.98 Å². The third-order valence-corrected chi connectivity index (χ3v) is 8.08. The van der Waals surface area contributed by atoms with Crippen molar-refractivity contribution in [3.63, 3.8) is 0 Å². The molecule has 8 heteroatoms. The smallest absolute Gasteiger partial charge is 0.269 e. The number of aromatic amines is 1. The number of hydrogen-bond acceptors (Lipinski definition) is 5. The van der Waals surface area contributed by atoms with Gasteiger partial charge in [-0.1, -0.05) is 23.8 Å². The van der Waals surface area contributed by atoms with E-state index in [0.717, 1.165) is 33.2 Å². The SMILES string of the molecule is COc1ccc2[nH]cc(-c3cc4c(-c5cccnc5)ccnc4n3S(=O)(=O)c3ccc(C)cc3)c2c1. The van der Waals surface area contributed by atoms with E-state index in [2.05, 4.69) is 15.0 Å². The van der Waals surface area contributed by atoms with Gasteiger partial charge in [0.2, 0.25) is 0 Å². The normalized spacial score (nSPS) is 11.8. The second-order valence-electron chi connectivity index (χ2n) is 8.56. The van der Waals surface area contributed by atoms with Crippen LogP contribution in [0.2, 0.25) is 0 Å². The van der Waals surface area contributed by atoms with E-state index in [1.54, 1.807) is 50.0 Å². The minimum absolute atomic E-state index is 0.192. The van der Waals surface area contributed by atoms with Crippen LogP contribution in [-0.4, -0.2) is 34.5 Å². The highest BCUT2D eigenvalue weighted by Gasteiger charge is 2.27. The van der Waals surface area contributed by atoms with E-state index in [4.69, 9.17) is 4.74 Å². The number of aromatic nitrogens is 4. The van der Waals surface area contributed by atoms with Crippen LogP contribution in [0.1, 0.15) is 5.56 Å². The summed E-state index contributed by atoms with van der Waals surface area (Å²) in [5.41, 5.74) is 5.17. The number of aryl methyl sites for hydroxylation is 1. The van der Waals surface area contributed by atoms with Crippen LogP contribution in [0, 0.1) is 6.92 Å². The highest BCUT2D eigenvalue weighted by Crippen LogP contribution is 2.39. The maximum Gasteiger partial charge on any atom is 0.269 e. The Balaban J connectivity index is 1.71. The fraction of sp³-hybridized carbons (Fsp3) is 0.0714. The van der Waals surface area contributed by atoms with E-state index in [9.17, 15) is 8.42 Å². The summed E-state index contributed by atoms with van der Waals surface area (Å²) >= 11 is 0. The molecule has 0 atom stereocenters. The number of methoxy groups -OCH3 is 1. The molecule has 0 bridgehead atoms. The second kappa shape index (κ2) is 8.35. The molecular weight excluding hydrogens is 472 g/mol. The number of benzene rings is 2. The van der Waals surface area contributed by atoms with Crippen LogP contribution in [0.3, 0.4) is 0 Å². The zero-order chi connectivity index (χ0) is 24.9. The summed E-state index contributed by atoms with van der Waals surface area (Å²) in [6, 6.07) is 20.1. The predicted molar refractivity (Wildman–Crippen MR) is 141 cm³/mol. The lowest BCUT2D eigenvalue weighted by Crippen LogP contribution is -2.14. The third-order valence-electron chi connectivity index (χ3n) is 6.36. The van der Waals surface area contributed by atoms with Crippen molar-refractivity contribution in [2.75, 3.05) is 7.11 Å². The molecule has 0 aliphatic heterocycles. The lowest BCUT2D eigenvalue weighted by molar-refractivity contribution is 0.415. The Morgan fingerprint density at radius 2 is 1.75 bits per heavy atom. The number of ether oxygens (including phenoxy) is 1.